The second-order valence-corrected chi connectivity index (χ2v) is 5.82. The van der Waals surface area contributed by atoms with Gasteiger partial charge in [-0.3, -0.25) is 4.57 Å². The van der Waals surface area contributed by atoms with Gasteiger partial charge in [-0.2, -0.15) is 0 Å². The Morgan fingerprint density at radius 2 is 2.04 bits per heavy atom. The summed E-state index contributed by atoms with van der Waals surface area (Å²) in [5, 5.41) is 15.5. The lowest BCUT2D eigenvalue weighted by atomic mass is 10.0. The van der Waals surface area contributed by atoms with Gasteiger partial charge in [-0.25, -0.2) is 9.59 Å². The van der Waals surface area contributed by atoms with Crippen LogP contribution >= 0.6 is 0 Å². The largest absolute Gasteiger partial charge is 0.419 e. The van der Waals surface area contributed by atoms with Gasteiger partial charge in [0.1, 0.15) is 0 Å². The van der Waals surface area contributed by atoms with E-state index in [2.05, 4.69) is 10.6 Å². The number of urea groups is 1. The van der Waals surface area contributed by atoms with Crippen molar-refractivity contribution >= 4 is 22.8 Å². The van der Waals surface area contributed by atoms with Crippen LogP contribution < -0.4 is 16.4 Å². The molecule has 1 unspecified atom stereocenters. The molecule has 3 N–H and O–H groups in total. The summed E-state index contributed by atoms with van der Waals surface area (Å²) in [5.41, 5.74) is 3.26. The number of fused-ring (bicyclic) bond motifs is 1. The molecule has 25 heavy (non-hydrogen) atoms. The second-order valence-electron chi connectivity index (χ2n) is 5.82. The van der Waals surface area contributed by atoms with E-state index in [4.69, 9.17) is 4.42 Å². The summed E-state index contributed by atoms with van der Waals surface area (Å²) in [7, 11) is 1.61. The van der Waals surface area contributed by atoms with Crippen LogP contribution in [0, 0.1) is 6.92 Å². The van der Waals surface area contributed by atoms with Gasteiger partial charge < -0.3 is 20.2 Å². The highest BCUT2D eigenvalue weighted by atomic mass is 16.4. The molecule has 0 spiro atoms. The summed E-state index contributed by atoms with van der Waals surface area (Å²) < 4.78 is 6.47. The summed E-state index contributed by atoms with van der Waals surface area (Å²) in [6, 6.07) is 12.0. The normalized spacial score (nSPS) is 12.1. The topological polar surface area (TPSA) is 96.5 Å². The van der Waals surface area contributed by atoms with Gasteiger partial charge in [-0.05, 0) is 30.2 Å². The Kier molecular flexibility index (Phi) is 4.58. The van der Waals surface area contributed by atoms with Crippen molar-refractivity contribution in [1.29, 1.82) is 0 Å². The average Bonchev–Trinajstić information content (AvgIpc) is 2.87. The number of nitrogens with zero attached hydrogens (tertiary/aromatic N) is 1. The maximum Gasteiger partial charge on any atom is 0.419 e. The van der Waals surface area contributed by atoms with E-state index in [0.29, 0.717) is 16.8 Å². The molecule has 0 saturated carbocycles. The van der Waals surface area contributed by atoms with Gasteiger partial charge in [-0.1, -0.05) is 24.3 Å². The first-order valence-corrected chi connectivity index (χ1v) is 7.83. The highest BCUT2D eigenvalue weighted by Gasteiger charge is 2.12. The van der Waals surface area contributed by atoms with E-state index in [0.717, 1.165) is 11.1 Å². The van der Waals surface area contributed by atoms with Gasteiger partial charge in [0.2, 0.25) is 0 Å². The van der Waals surface area contributed by atoms with E-state index in [1.807, 2.05) is 31.2 Å². The van der Waals surface area contributed by atoms with Crippen molar-refractivity contribution in [2.75, 3.05) is 11.9 Å². The smallest absolute Gasteiger partial charge is 0.408 e. The van der Waals surface area contributed by atoms with Gasteiger partial charge in [0.05, 0.1) is 11.6 Å². The number of carbonyl (C=O) groups excluding carboxylic acids is 1. The average molecular weight is 341 g/mol. The van der Waals surface area contributed by atoms with Crippen LogP contribution in [0.5, 0.6) is 0 Å². The molecule has 1 heterocycles. The molecule has 3 aromatic rings. The number of aliphatic hydroxyl groups is 1. The van der Waals surface area contributed by atoms with Gasteiger partial charge in [0, 0.05) is 25.3 Å². The molecular weight excluding hydrogens is 322 g/mol. The minimum Gasteiger partial charge on any atom is -0.408 e. The zero-order valence-corrected chi connectivity index (χ0v) is 13.9. The molecule has 0 radical (unpaired) electrons. The highest BCUT2D eigenvalue weighted by molar-refractivity contribution is 5.91. The minimum absolute atomic E-state index is 0.0827. The molecule has 2 aromatic carbocycles. The number of aryl methyl sites for hydroxylation is 2. The standard InChI is InChI=1S/C18H19N3O4/c1-11-5-3-4-6-13(11)15(22)10-19-17(23)20-12-7-8-14-16(9-12)25-18(24)21(14)2/h3-9,15,22H,10H2,1-2H3,(H2,19,20,23). The molecule has 7 nitrogen and oxygen atoms in total. The summed E-state index contributed by atoms with van der Waals surface area (Å²) in [5.74, 6) is -0.460. The third-order valence-electron chi connectivity index (χ3n) is 4.05. The lowest BCUT2D eigenvalue weighted by molar-refractivity contribution is 0.174. The zero-order valence-electron chi connectivity index (χ0n) is 13.9. The van der Waals surface area contributed by atoms with Crippen LogP contribution in [-0.2, 0) is 7.05 Å². The van der Waals surface area contributed by atoms with Crippen LogP contribution in [0.1, 0.15) is 17.2 Å². The van der Waals surface area contributed by atoms with Crippen LogP contribution in [-0.4, -0.2) is 22.2 Å². The van der Waals surface area contributed by atoms with E-state index >= 15 is 0 Å². The first-order chi connectivity index (χ1) is 12.0. The highest BCUT2D eigenvalue weighted by Crippen LogP contribution is 2.18. The predicted molar refractivity (Wildman–Crippen MR) is 94.6 cm³/mol. The van der Waals surface area contributed by atoms with Crippen LogP contribution in [0.15, 0.2) is 51.7 Å². The Hall–Kier alpha value is -3.06. The Labute approximate surface area is 143 Å². The fraction of sp³-hybridized carbons (Fsp3) is 0.222. The number of aromatic nitrogens is 1. The first kappa shape index (κ1) is 16.8. The minimum atomic E-state index is -0.790. The van der Waals surface area contributed by atoms with E-state index in [1.54, 1.807) is 25.2 Å². The lowest BCUT2D eigenvalue weighted by Gasteiger charge is -2.15. The Morgan fingerprint density at radius 1 is 1.28 bits per heavy atom. The third kappa shape index (κ3) is 3.56. The molecule has 0 aliphatic rings. The first-order valence-electron chi connectivity index (χ1n) is 7.83. The summed E-state index contributed by atoms with van der Waals surface area (Å²) in [6.07, 6.45) is -0.790. The molecule has 0 aliphatic carbocycles. The number of aliphatic hydroxyl groups excluding tert-OH is 1. The quantitative estimate of drug-likeness (QED) is 0.678. The monoisotopic (exact) mass is 341 g/mol. The van der Waals surface area contributed by atoms with Gasteiger partial charge in [-0.15, -0.1) is 0 Å². The molecular formula is C18H19N3O4. The lowest BCUT2D eigenvalue weighted by Crippen LogP contribution is -2.32. The summed E-state index contributed by atoms with van der Waals surface area (Å²) in [4.78, 5) is 23.5. The van der Waals surface area contributed by atoms with Crippen molar-refractivity contribution in [2.24, 2.45) is 7.05 Å². The summed E-state index contributed by atoms with van der Waals surface area (Å²) in [6.45, 7) is 1.99. The van der Waals surface area contributed by atoms with E-state index in [1.165, 1.54) is 4.57 Å². The van der Waals surface area contributed by atoms with Crippen LogP contribution in [0.3, 0.4) is 0 Å². The van der Waals surface area contributed by atoms with E-state index in [-0.39, 0.29) is 6.54 Å². The zero-order chi connectivity index (χ0) is 18.0. The number of anilines is 1. The van der Waals surface area contributed by atoms with E-state index < -0.39 is 17.9 Å². The SMILES string of the molecule is Cc1ccccc1C(O)CNC(=O)Nc1ccc2c(c1)oc(=O)n2C. The van der Waals surface area contributed by atoms with Gasteiger partial charge >= 0.3 is 11.8 Å². The maximum atomic E-state index is 12.0. The molecule has 2 amide bonds. The van der Waals surface area contributed by atoms with Crippen LogP contribution in [0.25, 0.3) is 11.1 Å². The Balaban J connectivity index is 1.63. The number of amides is 2. The van der Waals surface area contributed by atoms with Gasteiger partial charge in [0.15, 0.2) is 5.58 Å². The van der Waals surface area contributed by atoms with Crippen molar-refractivity contribution in [3.05, 3.63) is 64.1 Å². The molecule has 0 saturated heterocycles. The van der Waals surface area contributed by atoms with Crippen LogP contribution in [0.4, 0.5) is 10.5 Å². The molecule has 0 aliphatic heterocycles. The van der Waals surface area contributed by atoms with Crippen molar-refractivity contribution in [3.8, 4) is 0 Å². The molecule has 7 heteroatoms. The molecule has 3 rings (SSSR count). The number of hydrogen-bond acceptors (Lipinski definition) is 4. The summed E-state index contributed by atoms with van der Waals surface area (Å²) >= 11 is 0. The van der Waals surface area contributed by atoms with Crippen LogP contribution in [0.2, 0.25) is 0 Å². The fourth-order valence-electron chi connectivity index (χ4n) is 2.65. The number of nitrogens with one attached hydrogen (secondary N) is 2. The van der Waals surface area contributed by atoms with Crippen molar-refractivity contribution in [1.82, 2.24) is 9.88 Å². The number of oxazole rings is 1. The fourth-order valence-corrected chi connectivity index (χ4v) is 2.65. The molecule has 1 aromatic heterocycles. The number of benzene rings is 2. The Morgan fingerprint density at radius 3 is 2.80 bits per heavy atom. The molecule has 0 fully saturated rings. The molecule has 130 valence electrons. The maximum absolute atomic E-state index is 12.0. The van der Waals surface area contributed by atoms with Crippen molar-refractivity contribution in [2.45, 2.75) is 13.0 Å². The number of rotatable bonds is 4. The number of carbonyl (C=O) groups is 1. The molecule has 1 atom stereocenters. The van der Waals surface area contributed by atoms with Gasteiger partial charge in [0.25, 0.3) is 0 Å². The predicted octanol–water partition coefficient (Wildman–Crippen LogP) is 2.30. The number of hydrogen-bond donors (Lipinski definition) is 3. The Bertz CT molecular complexity index is 974. The second kappa shape index (κ2) is 6.82. The van der Waals surface area contributed by atoms with Crippen molar-refractivity contribution in [3.63, 3.8) is 0 Å². The molecule has 0 bridgehead atoms. The third-order valence-corrected chi connectivity index (χ3v) is 4.05. The van der Waals surface area contributed by atoms with E-state index in [9.17, 15) is 14.7 Å². The van der Waals surface area contributed by atoms with Crippen molar-refractivity contribution < 1.29 is 14.3 Å².